The van der Waals surface area contributed by atoms with E-state index in [9.17, 15) is 9.36 Å². The molecular weight excluding hydrogens is 197 g/mol. The van der Waals surface area contributed by atoms with Crippen molar-refractivity contribution >= 4 is 13.7 Å². The van der Waals surface area contributed by atoms with Gasteiger partial charge < -0.3 is 4.90 Å². The highest BCUT2D eigenvalue weighted by Gasteiger charge is 2.22. The van der Waals surface area contributed by atoms with Gasteiger partial charge in [-0.25, -0.2) is 0 Å². The van der Waals surface area contributed by atoms with Gasteiger partial charge in [0.2, 0.25) is 6.16 Å². The molecule has 0 heterocycles. The molecule has 0 aromatic heterocycles. The monoisotopic (exact) mass is 218 g/mol. The molecule has 0 saturated carbocycles. The van der Waals surface area contributed by atoms with Crippen molar-refractivity contribution in [3.63, 3.8) is 0 Å². The first-order chi connectivity index (χ1) is 6.65. The molecule has 14 heavy (non-hydrogen) atoms. The standard InChI is InChI=1S/C10H21NO2P/c1-4-7-11(8-5-2)10(12)9-14(13)6-3/h4-9H2,1-3H3/q+1. The van der Waals surface area contributed by atoms with E-state index in [1.165, 1.54) is 0 Å². The zero-order chi connectivity index (χ0) is 11.0. The quantitative estimate of drug-likeness (QED) is 0.615. The van der Waals surface area contributed by atoms with Gasteiger partial charge >= 0.3 is 7.80 Å². The van der Waals surface area contributed by atoms with E-state index in [4.69, 9.17) is 0 Å². The minimum Gasteiger partial charge on any atom is -0.339 e. The lowest BCUT2D eigenvalue weighted by molar-refractivity contribution is -0.128. The van der Waals surface area contributed by atoms with E-state index in [1.54, 1.807) is 0 Å². The molecule has 4 heteroatoms. The van der Waals surface area contributed by atoms with E-state index >= 15 is 0 Å². The van der Waals surface area contributed by atoms with E-state index in [-0.39, 0.29) is 12.1 Å². The summed E-state index contributed by atoms with van der Waals surface area (Å²) in [6, 6.07) is 0. The average molecular weight is 218 g/mol. The SMILES string of the molecule is CCCN(CCC)C(=O)C[P+](=O)CC. The lowest BCUT2D eigenvalue weighted by Gasteiger charge is -2.19. The Morgan fingerprint density at radius 1 is 1.14 bits per heavy atom. The van der Waals surface area contributed by atoms with Crippen molar-refractivity contribution in [3.8, 4) is 0 Å². The lowest BCUT2D eigenvalue weighted by atomic mass is 10.3. The van der Waals surface area contributed by atoms with Gasteiger partial charge in [0, 0.05) is 13.1 Å². The molecule has 0 aromatic rings. The highest BCUT2D eigenvalue weighted by molar-refractivity contribution is 7.45. The number of carbonyl (C=O) groups excluding carboxylic acids is 1. The van der Waals surface area contributed by atoms with Gasteiger partial charge in [0.1, 0.15) is 6.16 Å². The topological polar surface area (TPSA) is 37.4 Å². The second-order valence-electron chi connectivity index (χ2n) is 3.34. The molecule has 3 nitrogen and oxygen atoms in total. The summed E-state index contributed by atoms with van der Waals surface area (Å²) >= 11 is 0. The zero-order valence-electron chi connectivity index (χ0n) is 9.45. The average Bonchev–Trinajstić information content (AvgIpc) is 2.17. The Balaban J connectivity index is 4.06. The van der Waals surface area contributed by atoms with E-state index in [0.717, 1.165) is 25.9 Å². The lowest BCUT2D eigenvalue weighted by Crippen LogP contribution is -2.33. The summed E-state index contributed by atoms with van der Waals surface area (Å²) in [5, 5.41) is 0. The van der Waals surface area contributed by atoms with Crippen LogP contribution in [-0.2, 0) is 9.36 Å². The van der Waals surface area contributed by atoms with Crippen molar-refractivity contribution in [1.82, 2.24) is 4.90 Å². The van der Waals surface area contributed by atoms with Gasteiger partial charge in [0.25, 0.3) is 5.91 Å². The maximum Gasteiger partial charge on any atom is 0.348 e. The predicted molar refractivity (Wildman–Crippen MR) is 60.2 cm³/mol. The molecule has 0 N–H and O–H groups in total. The van der Waals surface area contributed by atoms with Crippen molar-refractivity contribution in [2.45, 2.75) is 33.6 Å². The van der Waals surface area contributed by atoms with E-state index in [1.807, 2.05) is 11.8 Å². The summed E-state index contributed by atoms with van der Waals surface area (Å²) in [5.74, 6) is 0.0525. The number of hydrogen-bond acceptors (Lipinski definition) is 2. The van der Waals surface area contributed by atoms with Crippen LogP contribution in [0.4, 0.5) is 0 Å². The van der Waals surface area contributed by atoms with Crippen molar-refractivity contribution < 1.29 is 9.36 Å². The molecule has 0 rings (SSSR count). The van der Waals surface area contributed by atoms with Crippen LogP contribution in [0.3, 0.4) is 0 Å². The minimum absolute atomic E-state index is 0.0525. The molecule has 0 spiro atoms. The highest BCUT2D eigenvalue weighted by atomic mass is 31.1. The highest BCUT2D eigenvalue weighted by Crippen LogP contribution is 2.19. The summed E-state index contributed by atoms with van der Waals surface area (Å²) in [6.07, 6.45) is 2.77. The number of nitrogens with zero attached hydrogens (tertiary/aromatic N) is 1. The Morgan fingerprint density at radius 3 is 2.00 bits per heavy atom. The Hall–Kier alpha value is -0.430. The van der Waals surface area contributed by atoms with Crippen LogP contribution >= 0.6 is 7.80 Å². The molecule has 0 aliphatic rings. The number of carbonyl (C=O) groups is 1. The first kappa shape index (κ1) is 13.6. The molecule has 0 aliphatic carbocycles. The van der Waals surface area contributed by atoms with Crippen LogP contribution in [0.5, 0.6) is 0 Å². The fourth-order valence-electron chi connectivity index (χ4n) is 1.26. The van der Waals surface area contributed by atoms with E-state index in [2.05, 4.69) is 13.8 Å². The van der Waals surface area contributed by atoms with Crippen LogP contribution in [0, 0.1) is 0 Å². The van der Waals surface area contributed by atoms with Gasteiger partial charge in [-0.2, -0.15) is 0 Å². The third kappa shape index (κ3) is 5.33. The van der Waals surface area contributed by atoms with Crippen LogP contribution in [0.1, 0.15) is 33.6 Å². The molecule has 0 aliphatic heterocycles. The van der Waals surface area contributed by atoms with Crippen molar-refractivity contribution in [2.75, 3.05) is 25.4 Å². The molecule has 1 amide bonds. The number of rotatable bonds is 7. The van der Waals surface area contributed by atoms with Crippen LogP contribution in [0.25, 0.3) is 0 Å². The normalized spacial score (nSPS) is 11.2. The van der Waals surface area contributed by atoms with E-state index < -0.39 is 7.80 Å². The second-order valence-corrected chi connectivity index (χ2v) is 5.25. The molecule has 0 saturated heterocycles. The van der Waals surface area contributed by atoms with Gasteiger partial charge in [0.05, 0.1) is 0 Å². The summed E-state index contributed by atoms with van der Waals surface area (Å²) in [6.45, 7) is 7.54. The predicted octanol–water partition coefficient (Wildman–Crippen LogP) is 2.48. The summed E-state index contributed by atoms with van der Waals surface area (Å²) in [7, 11) is -1.31. The van der Waals surface area contributed by atoms with Gasteiger partial charge in [-0.05, 0) is 19.8 Å². The summed E-state index contributed by atoms with van der Waals surface area (Å²) < 4.78 is 11.2. The molecule has 1 atom stereocenters. The summed E-state index contributed by atoms with van der Waals surface area (Å²) in [5.41, 5.74) is 0. The third-order valence-electron chi connectivity index (χ3n) is 2.00. The van der Waals surface area contributed by atoms with Gasteiger partial charge in [-0.15, -0.1) is 0 Å². The fraction of sp³-hybridized carbons (Fsp3) is 0.900. The second kappa shape index (κ2) is 7.93. The fourth-order valence-corrected chi connectivity index (χ4v) is 1.99. The first-order valence-corrected chi connectivity index (χ1v) is 6.98. The van der Waals surface area contributed by atoms with Crippen LogP contribution in [0.15, 0.2) is 0 Å². The molecule has 0 bridgehead atoms. The smallest absolute Gasteiger partial charge is 0.339 e. The van der Waals surface area contributed by atoms with Gasteiger partial charge in [-0.3, -0.25) is 4.79 Å². The maximum absolute atomic E-state index is 11.6. The molecule has 82 valence electrons. The molecule has 1 unspecified atom stereocenters. The van der Waals surface area contributed by atoms with Crippen molar-refractivity contribution in [1.29, 1.82) is 0 Å². The molecule has 0 fully saturated rings. The molecule has 0 radical (unpaired) electrons. The molecular formula is C10H21NO2P+. The van der Waals surface area contributed by atoms with Crippen molar-refractivity contribution in [3.05, 3.63) is 0 Å². The van der Waals surface area contributed by atoms with Crippen LogP contribution in [-0.4, -0.2) is 36.2 Å². The summed E-state index contributed by atoms with van der Waals surface area (Å²) in [4.78, 5) is 13.5. The van der Waals surface area contributed by atoms with E-state index in [0.29, 0.717) is 6.16 Å². The van der Waals surface area contributed by atoms with Crippen molar-refractivity contribution in [2.24, 2.45) is 0 Å². The Bertz CT molecular complexity index is 189. The third-order valence-corrected chi connectivity index (χ3v) is 3.33. The molecule has 0 aromatic carbocycles. The number of hydrogen-bond donors (Lipinski definition) is 0. The largest absolute Gasteiger partial charge is 0.348 e. The van der Waals surface area contributed by atoms with Crippen LogP contribution < -0.4 is 0 Å². The Kier molecular flexibility index (Phi) is 7.68. The zero-order valence-corrected chi connectivity index (χ0v) is 10.3. The Morgan fingerprint density at radius 2 is 1.64 bits per heavy atom. The maximum atomic E-state index is 11.6. The van der Waals surface area contributed by atoms with Gasteiger partial charge in [0.15, 0.2) is 0 Å². The first-order valence-electron chi connectivity index (χ1n) is 5.35. The minimum atomic E-state index is -1.31. The Labute approximate surface area is 87.6 Å². The number of amides is 1. The van der Waals surface area contributed by atoms with Crippen LogP contribution in [0.2, 0.25) is 0 Å². The van der Waals surface area contributed by atoms with Gasteiger partial charge in [-0.1, -0.05) is 18.4 Å².